The van der Waals surface area contributed by atoms with Crippen molar-refractivity contribution in [3.05, 3.63) is 57.3 Å². The van der Waals surface area contributed by atoms with Gasteiger partial charge in [-0.25, -0.2) is 0 Å². The summed E-state index contributed by atoms with van der Waals surface area (Å²) in [5.41, 5.74) is 2.32. The Labute approximate surface area is 119 Å². The molecule has 1 N–H and O–H groups in total. The van der Waals surface area contributed by atoms with Gasteiger partial charge >= 0.3 is 0 Å². The van der Waals surface area contributed by atoms with Crippen LogP contribution in [0.4, 0.5) is 5.69 Å². The van der Waals surface area contributed by atoms with Crippen LogP contribution in [0, 0.1) is 11.3 Å². The van der Waals surface area contributed by atoms with Gasteiger partial charge in [0, 0.05) is 23.4 Å². The summed E-state index contributed by atoms with van der Waals surface area (Å²) in [6.45, 7) is 0.553. The molecule has 0 aliphatic carbocycles. The third-order valence-electron chi connectivity index (χ3n) is 2.43. The van der Waals surface area contributed by atoms with Crippen LogP contribution in [0.3, 0.4) is 0 Å². The standard InChI is InChI=1S/C13H9BrClN3/c14-11-1-2-13(10(5-11)6-16)18-7-9-3-4-17-8-12(9)15/h1-5,8,18H,7H2. The summed E-state index contributed by atoms with van der Waals surface area (Å²) >= 11 is 9.35. The molecule has 0 saturated carbocycles. The molecule has 90 valence electrons. The van der Waals surface area contributed by atoms with Crippen molar-refractivity contribution in [1.82, 2.24) is 4.98 Å². The first-order chi connectivity index (χ1) is 8.70. The lowest BCUT2D eigenvalue weighted by atomic mass is 10.2. The van der Waals surface area contributed by atoms with Gasteiger partial charge in [0.15, 0.2) is 0 Å². The monoisotopic (exact) mass is 321 g/mol. The van der Waals surface area contributed by atoms with Crippen LogP contribution < -0.4 is 5.32 Å². The molecule has 0 bridgehead atoms. The molecule has 2 aromatic rings. The Hall–Kier alpha value is -1.57. The fourth-order valence-corrected chi connectivity index (χ4v) is 2.05. The molecule has 0 saturated heterocycles. The van der Waals surface area contributed by atoms with Crippen LogP contribution in [0.5, 0.6) is 0 Å². The van der Waals surface area contributed by atoms with Gasteiger partial charge in [-0.2, -0.15) is 5.26 Å². The fraction of sp³-hybridized carbons (Fsp3) is 0.0769. The van der Waals surface area contributed by atoms with Gasteiger partial charge in [0.25, 0.3) is 0 Å². The first-order valence-electron chi connectivity index (χ1n) is 5.22. The van der Waals surface area contributed by atoms with Gasteiger partial charge in [-0.1, -0.05) is 27.5 Å². The molecule has 1 aromatic heterocycles. The number of halogens is 2. The normalized spacial score (nSPS) is 9.83. The van der Waals surface area contributed by atoms with E-state index in [0.717, 1.165) is 15.7 Å². The average Bonchev–Trinajstić information content (AvgIpc) is 2.39. The molecule has 0 atom stereocenters. The molecule has 0 amide bonds. The van der Waals surface area contributed by atoms with Gasteiger partial charge in [-0.3, -0.25) is 4.98 Å². The maximum Gasteiger partial charge on any atom is 0.101 e. The van der Waals surface area contributed by atoms with Crippen molar-refractivity contribution in [2.24, 2.45) is 0 Å². The summed E-state index contributed by atoms with van der Waals surface area (Å²) in [4.78, 5) is 3.93. The number of rotatable bonds is 3. The second-order valence-electron chi connectivity index (χ2n) is 3.62. The maximum atomic E-state index is 9.05. The minimum absolute atomic E-state index is 0.553. The van der Waals surface area contributed by atoms with Crippen molar-refractivity contribution in [1.29, 1.82) is 5.26 Å². The Bertz CT molecular complexity index is 607. The third kappa shape index (κ3) is 3.00. The second-order valence-corrected chi connectivity index (χ2v) is 4.95. The van der Waals surface area contributed by atoms with Crippen LogP contribution >= 0.6 is 27.5 Å². The Morgan fingerprint density at radius 1 is 1.39 bits per heavy atom. The number of nitrogens with one attached hydrogen (secondary N) is 1. The van der Waals surface area contributed by atoms with E-state index in [9.17, 15) is 0 Å². The van der Waals surface area contributed by atoms with E-state index in [1.165, 1.54) is 0 Å². The van der Waals surface area contributed by atoms with Crippen LogP contribution in [0.1, 0.15) is 11.1 Å². The van der Waals surface area contributed by atoms with Crippen molar-refractivity contribution in [3.63, 3.8) is 0 Å². The van der Waals surface area contributed by atoms with Crippen LogP contribution in [-0.4, -0.2) is 4.98 Å². The van der Waals surface area contributed by atoms with E-state index in [-0.39, 0.29) is 0 Å². The van der Waals surface area contributed by atoms with Gasteiger partial charge in [-0.15, -0.1) is 0 Å². The highest BCUT2D eigenvalue weighted by atomic mass is 79.9. The van der Waals surface area contributed by atoms with Crippen LogP contribution in [-0.2, 0) is 6.54 Å². The van der Waals surface area contributed by atoms with E-state index in [2.05, 4.69) is 32.3 Å². The number of pyridine rings is 1. The molecule has 5 heteroatoms. The van der Waals surface area contributed by atoms with Crippen molar-refractivity contribution in [3.8, 4) is 6.07 Å². The van der Waals surface area contributed by atoms with E-state index in [1.807, 2.05) is 18.2 Å². The topological polar surface area (TPSA) is 48.7 Å². The molecule has 1 heterocycles. The SMILES string of the molecule is N#Cc1cc(Br)ccc1NCc1ccncc1Cl. The second kappa shape index (κ2) is 5.85. The summed E-state index contributed by atoms with van der Waals surface area (Å²) in [5.74, 6) is 0. The molecule has 0 aliphatic heterocycles. The molecule has 1 aromatic carbocycles. The maximum absolute atomic E-state index is 9.05. The first kappa shape index (κ1) is 12.9. The zero-order chi connectivity index (χ0) is 13.0. The molecule has 18 heavy (non-hydrogen) atoms. The van der Waals surface area contributed by atoms with Gasteiger partial charge in [-0.05, 0) is 29.8 Å². The van der Waals surface area contributed by atoms with Crippen molar-refractivity contribution in [2.45, 2.75) is 6.54 Å². The summed E-state index contributed by atoms with van der Waals surface area (Å²) in [6, 6.07) is 9.52. The Morgan fingerprint density at radius 2 is 2.22 bits per heavy atom. The van der Waals surface area contributed by atoms with Crippen LogP contribution in [0.2, 0.25) is 5.02 Å². The quantitative estimate of drug-likeness (QED) is 0.930. The lowest BCUT2D eigenvalue weighted by molar-refractivity contribution is 1.12. The largest absolute Gasteiger partial charge is 0.380 e. The number of nitriles is 1. The van der Waals surface area contributed by atoms with E-state index < -0.39 is 0 Å². The minimum atomic E-state index is 0.553. The van der Waals surface area contributed by atoms with Gasteiger partial charge < -0.3 is 5.32 Å². The van der Waals surface area contributed by atoms with Gasteiger partial charge in [0.2, 0.25) is 0 Å². The van der Waals surface area contributed by atoms with Gasteiger partial charge in [0.1, 0.15) is 6.07 Å². The summed E-state index contributed by atoms with van der Waals surface area (Å²) in [6.07, 6.45) is 3.29. The Kier molecular flexibility index (Phi) is 4.19. The van der Waals surface area contributed by atoms with E-state index in [0.29, 0.717) is 17.1 Å². The highest BCUT2D eigenvalue weighted by Gasteiger charge is 2.04. The first-order valence-corrected chi connectivity index (χ1v) is 6.39. The molecule has 0 aliphatic rings. The van der Waals surface area contributed by atoms with Gasteiger partial charge in [0.05, 0.1) is 16.3 Å². The molecule has 2 rings (SSSR count). The molecule has 0 unspecified atom stereocenters. The number of hydrogen-bond acceptors (Lipinski definition) is 3. The van der Waals surface area contributed by atoms with Crippen molar-refractivity contribution < 1.29 is 0 Å². The summed E-state index contributed by atoms with van der Waals surface area (Å²) < 4.78 is 0.881. The van der Waals surface area contributed by atoms with Crippen molar-refractivity contribution >= 4 is 33.2 Å². The molecular formula is C13H9BrClN3. The highest BCUT2D eigenvalue weighted by molar-refractivity contribution is 9.10. The number of benzene rings is 1. The predicted octanol–water partition coefficient (Wildman–Crippen LogP) is 3.98. The third-order valence-corrected chi connectivity index (χ3v) is 3.26. The van der Waals surface area contributed by atoms with Crippen LogP contribution in [0.25, 0.3) is 0 Å². The average molecular weight is 323 g/mol. The van der Waals surface area contributed by atoms with E-state index in [4.69, 9.17) is 16.9 Å². The van der Waals surface area contributed by atoms with Crippen LogP contribution in [0.15, 0.2) is 41.1 Å². The minimum Gasteiger partial charge on any atom is -0.380 e. The zero-order valence-electron chi connectivity index (χ0n) is 9.32. The summed E-state index contributed by atoms with van der Waals surface area (Å²) in [5, 5.41) is 12.9. The lowest BCUT2D eigenvalue weighted by Crippen LogP contribution is -2.02. The smallest absolute Gasteiger partial charge is 0.101 e. The molecule has 0 fully saturated rings. The summed E-state index contributed by atoms with van der Waals surface area (Å²) in [7, 11) is 0. The Balaban J connectivity index is 2.16. The molecule has 3 nitrogen and oxygen atoms in total. The zero-order valence-corrected chi connectivity index (χ0v) is 11.7. The highest BCUT2D eigenvalue weighted by Crippen LogP contribution is 2.22. The van der Waals surface area contributed by atoms with E-state index in [1.54, 1.807) is 18.5 Å². The molecule has 0 radical (unpaired) electrons. The predicted molar refractivity (Wildman–Crippen MR) is 75.4 cm³/mol. The number of aromatic nitrogens is 1. The van der Waals surface area contributed by atoms with E-state index >= 15 is 0 Å². The van der Waals surface area contributed by atoms with Crippen molar-refractivity contribution in [2.75, 3.05) is 5.32 Å². The number of anilines is 1. The fourth-order valence-electron chi connectivity index (χ4n) is 1.50. The Morgan fingerprint density at radius 3 is 2.94 bits per heavy atom. The number of hydrogen-bond donors (Lipinski definition) is 1. The number of nitrogens with zero attached hydrogens (tertiary/aromatic N) is 2. The molecule has 0 spiro atoms. The molecular weight excluding hydrogens is 314 g/mol. The lowest BCUT2D eigenvalue weighted by Gasteiger charge is -2.09.